The number of hydrogen-bond acceptors (Lipinski definition) is 2. The van der Waals surface area contributed by atoms with Crippen molar-refractivity contribution in [3.8, 4) is 0 Å². The fourth-order valence-corrected chi connectivity index (χ4v) is 3.94. The van der Waals surface area contributed by atoms with Crippen molar-refractivity contribution in [3.05, 3.63) is 75.2 Å². The topological polar surface area (TPSA) is 65.2 Å². The van der Waals surface area contributed by atoms with E-state index >= 15 is 0 Å². The van der Waals surface area contributed by atoms with Gasteiger partial charge in [0.15, 0.2) is 17.5 Å². The number of nitrogens with zero attached hydrogens (tertiary/aromatic N) is 1. The van der Waals surface area contributed by atoms with Crippen LogP contribution in [-0.4, -0.2) is 23.0 Å². The summed E-state index contributed by atoms with van der Waals surface area (Å²) in [6.07, 6.45) is 1.86. The van der Waals surface area contributed by atoms with E-state index in [0.29, 0.717) is 48.0 Å². The maximum absolute atomic E-state index is 13.7. The number of aryl methyl sites for hydroxylation is 1. The summed E-state index contributed by atoms with van der Waals surface area (Å²) in [7, 11) is 1.51. The lowest BCUT2D eigenvalue weighted by molar-refractivity contribution is 0.197. The lowest BCUT2D eigenvalue weighted by atomic mass is 9.87. The molecule has 0 bridgehead atoms. The van der Waals surface area contributed by atoms with Crippen molar-refractivity contribution in [3.63, 3.8) is 0 Å². The SMILES string of the molecule is CN(C(=O)Nc1cc(F)c(F)c(F)c1)[C@H]1CCCc2[nH]c(=O)c3cc(F)ccc3c21. The molecule has 1 heterocycles. The largest absolute Gasteiger partial charge is 0.325 e. The molecule has 1 atom stereocenters. The minimum Gasteiger partial charge on any atom is -0.325 e. The van der Waals surface area contributed by atoms with Crippen molar-refractivity contribution in [2.75, 3.05) is 12.4 Å². The van der Waals surface area contributed by atoms with Crippen LogP contribution in [0.15, 0.2) is 35.1 Å². The maximum atomic E-state index is 13.7. The number of carbonyl (C=O) groups is 1. The third-order valence-corrected chi connectivity index (χ3v) is 5.37. The van der Waals surface area contributed by atoms with Gasteiger partial charge >= 0.3 is 6.03 Å². The van der Waals surface area contributed by atoms with Gasteiger partial charge in [0.25, 0.3) is 5.56 Å². The van der Waals surface area contributed by atoms with Crippen LogP contribution in [0, 0.1) is 23.3 Å². The van der Waals surface area contributed by atoms with Crippen LogP contribution in [0.1, 0.15) is 30.1 Å². The summed E-state index contributed by atoms with van der Waals surface area (Å²) in [4.78, 5) is 29.2. The van der Waals surface area contributed by atoms with Gasteiger partial charge in [-0.1, -0.05) is 6.07 Å². The second-order valence-electron chi connectivity index (χ2n) is 7.24. The van der Waals surface area contributed by atoms with Gasteiger partial charge in [0, 0.05) is 36.1 Å². The molecule has 0 fully saturated rings. The van der Waals surface area contributed by atoms with Gasteiger partial charge in [0.2, 0.25) is 0 Å². The first-order chi connectivity index (χ1) is 14.3. The molecule has 30 heavy (non-hydrogen) atoms. The minimum atomic E-state index is -1.62. The number of carbonyl (C=O) groups excluding carboxylic acids is 1. The van der Waals surface area contributed by atoms with Crippen LogP contribution in [0.3, 0.4) is 0 Å². The Balaban J connectivity index is 1.70. The van der Waals surface area contributed by atoms with Crippen molar-refractivity contribution in [1.29, 1.82) is 0 Å². The van der Waals surface area contributed by atoms with Gasteiger partial charge in [-0.05, 0) is 36.8 Å². The number of aromatic amines is 1. The number of hydrogen-bond donors (Lipinski definition) is 2. The number of rotatable bonds is 2. The number of fused-ring (bicyclic) bond motifs is 3. The molecule has 2 amide bonds. The highest BCUT2D eigenvalue weighted by Crippen LogP contribution is 2.37. The lowest BCUT2D eigenvalue weighted by Gasteiger charge is -2.34. The Morgan fingerprint density at radius 1 is 1.10 bits per heavy atom. The van der Waals surface area contributed by atoms with E-state index in [1.165, 1.54) is 24.1 Å². The van der Waals surface area contributed by atoms with Crippen LogP contribution < -0.4 is 10.9 Å². The molecule has 0 aliphatic heterocycles. The fourth-order valence-electron chi connectivity index (χ4n) is 3.94. The Morgan fingerprint density at radius 2 is 1.80 bits per heavy atom. The van der Waals surface area contributed by atoms with E-state index in [9.17, 15) is 27.2 Å². The summed E-state index contributed by atoms with van der Waals surface area (Å²) in [5, 5.41) is 3.07. The molecule has 3 aromatic rings. The smallest absolute Gasteiger partial charge is 0.322 e. The molecule has 0 radical (unpaired) electrons. The van der Waals surface area contributed by atoms with E-state index in [-0.39, 0.29) is 11.1 Å². The number of anilines is 1. The molecule has 2 N–H and O–H groups in total. The molecule has 9 heteroatoms. The van der Waals surface area contributed by atoms with Crippen LogP contribution in [0.25, 0.3) is 10.8 Å². The first-order valence-electron chi connectivity index (χ1n) is 9.29. The highest BCUT2D eigenvalue weighted by molar-refractivity contribution is 5.91. The highest BCUT2D eigenvalue weighted by Gasteiger charge is 2.30. The fraction of sp³-hybridized carbons (Fsp3) is 0.238. The van der Waals surface area contributed by atoms with Crippen LogP contribution in [0.5, 0.6) is 0 Å². The van der Waals surface area contributed by atoms with Gasteiger partial charge in [-0.3, -0.25) is 4.79 Å². The number of amides is 2. The van der Waals surface area contributed by atoms with Gasteiger partial charge in [-0.2, -0.15) is 0 Å². The number of nitrogens with one attached hydrogen (secondary N) is 2. The van der Waals surface area contributed by atoms with Crippen molar-refractivity contribution < 1.29 is 22.4 Å². The van der Waals surface area contributed by atoms with Gasteiger partial charge in [-0.15, -0.1) is 0 Å². The van der Waals surface area contributed by atoms with Crippen LogP contribution in [0.2, 0.25) is 0 Å². The molecule has 4 rings (SSSR count). The zero-order chi connectivity index (χ0) is 21.6. The number of urea groups is 1. The zero-order valence-corrected chi connectivity index (χ0v) is 15.9. The Hall–Kier alpha value is -3.36. The Kier molecular flexibility index (Phi) is 4.97. The molecular weight excluding hydrogens is 402 g/mol. The third-order valence-electron chi connectivity index (χ3n) is 5.37. The molecule has 0 spiro atoms. The highest BCUT2D eigenvalue weighted by atomic mass is 19.2. The third kappa shape index (κ3) is 3.40. The summed E-state index contributed by atoms with van der Waals surface area (Å²) < 4.78 is 53.7. The van der Waals surface area contributed by atoms with Crippen molar-refractivity contribution >= 4 is 22.5 Å². The number of benzene rings is 2. The first-order valence-corrected chi connectivity index (χ1v) is 9.29. The molecule has 1 aromatic heterocycles. The standard InChI is InChI=1S/C21H17F4N3O2/c1-28(21(30)26-11-8-14(23)19(25)15(24)9-11)17-4-2-3-16-18(17)12-6-5-10(22)7-13(12)20(29)27-16/h5-9,17H,2-4H2,1H3,(H,26,30)(H,27,29)/t17-/m0/s1. The number of halogens is 4. The summed E-state index contributed by atoms with van der Waals surface area (Å²) in [5.41, 5.74) is 0.722. The predicted molar refractivity (Wildman–Crippen MR) is 103 cm³/mol. The molecule has 2 aromatic carbocycles. The monoisotopic (exact) mass is 419 g/mol. The maximum Gasteiger partial charge on any atom is 0.322 e. The Bertz CT molecular complexity index is 1200. The molecule has 0 saturated heterocycles. The van der Waals surface area contributed by atoms with E-state index in [4.69, 9.17) is 0 Å². The van der Waals surface area contributed by atoms with Crippen molar-refractivity contribution in [1.82, 2.24) is 9.88 Å². The Morgan fingerprint density at radius 3 is 2.50 bits per heavy atom. The molecule has 1 aliphatic carbocycles. The molecule has 0 saturated carbocycles. The summed E-state index contributed by atoms with van der Waals surface area (Å²) >= 11 is 0. The van der Waals surface area contributed by atoms with E-state index in [0.717, 1.165) is 6.07 Å². The molecule has 5 nitrogen and oxygen atoms in total. The molecule has 156 valence electrons. The molecule has 0 unspecified atom stereocenters. The molecule has 1 aliphatic rings. The number of pyridine rings is 1. The average Bonchev–Trinajstić information content (AvgIpc) is 2.71. The van der Waals surface area contributed by atoms with Gasteiger partial charge in [-0.25, -0.2) is 22.4 Å². The van der Waals surface area contributed by atoms with Crippen LogP contribution >= 0.6 is 0 Å². The van der Waals surface area contributed by atoms with E-state index in [1.807, 2.05) is 0 Å². The predicted octanol–water partition coefficient (Wildman–Crippen LogP) is 4.63. The van der Waals surface area contributed by atoms with Crippen LogP contribution in [-0.2, 0) is 6.42 Å². The number of aromatic nitrogens is 1. The van der Waals surface area contributed by atoms with Crippen molar-refractivity contribution in [2.45, 2.75) is 25.3 Å². The summed E-state index contributed by atoms with van der Waals surface area (Å²) in [6, 6.07) is 4.15. The second-order valence-corrected chi connectivity index (χ2v) is 7.24. The summed E-state index contributed by atoms with van der Waals surface area (Å²) in [6.45, 7) is 0. The normalized spacial score (nSPS) is 15.7. The van der Waals surface area contributed by atoms with Gasteiger partial charge in [0.05, 0.1) is 11.4 Å². The number of H-pyrrole nitrogens is 1. The van der Waals surface area contributed by atoms with E-state index < -0.39 is 40.9 Å². The minimum absolute atomic E-state index is 0.178. The quantitative estimate of drug-likeness (QED) is 0.470. The molecular formula is C21H17F4N3O2. The van der Waals surface area contributed by atoms with Gasteiger partial charge < -0.3 is 15.2 Å². The van der Waals surface area contributed by atoms with Crippen LogP contribution in [0.4, 0.5) is 28.0 Å². The second kappa shape index (κ2) is 7.47. The van der Waals surface area contributed by atoms with Crippen molar-refractivity contribution in [2.24, 2.45) is 0 Å². The van der Waals surface area contributed by atoms with E-state index in [1.54, 1.807) is 0 Å². The van der Waals surface area contributed by atoms with Gasteiger partial charge in [0.1, 0.15) is 5.82 Å². The zero-order valence-electron chi connectivity index (χ0n) is 15.9. The average molecular weight is 419 g/mol. The first kappa shape index (κ1) is 19.9. The van der Waals surface area contributed by atoms with E-state index in [2.05, 4.69) is 10.3 Å². The Labute approximate surface area is 168 Å². The summed E-state index contributed by atoms with van der Waals surface area (Å²) in [5.74, 6) is -5.00. The lowest BCUT2D eigenvalue weighted by Crippen LogP contribution is -2.37.